The van der Waals surface area contributed by atoms with Crippen molar-refractivity contribution in [1.29, 1.82) is 0 Å². The fourth-order valence-corrected chi connectivity index (χ4v) is 2.57. The number of carbonyl (C=O) groups excluding carboxylic acids is 1. The van der Waals surface area contributed by atoms with Gasteiger partial charge in [0.25, 0.3) is 0 Å². The lowest BCUT2D eigenvalue weighted by Crippen LogP contribution is -2.36. The molecule has 1 aliphatic rings. The second-order valence-corrected chi connectivity index (χ2v) is 5.51. The average Bonchev–Trinajstić information content (AvgIpc) is 2.93. The number of rotatable bonds is 7. The molecule has 0 aromatic carbocycles. The molecule has 6 nitrogen and oxygen atoms in total. The van der Waals surface area contributed by atoms with Crippen LogP contribution in [0.2, 0.25) is 0 Å². The maximum Gasteiger partial charge on any atom is 0.309 e. The van der Waals surface area contributed by atoms with E-state index in [1.54, 1.807) is 0 Å². The molecule has 0 spiro atoms. The third kappa shape index (κ3) is 4.81. The summed E-state index contributed by atoms with van der Waals surface area (Å²) in [6.07, 6.45) is 4.78. The van der Waals surface area contributed by atoms with Gasteiger partial charge >= 0.3 is 5.97 Å². The lowest BCUT2D eigenvalue weighted by molar-refractivity contribution is -0.149. The Labute approximate surface area is 125 Å². The van der Waals surface area contributed by atoms with E-state index in [2.05, 4.69) is 22.0 Å². The van der Waals surface area contributed by atoms with Gasteiger partial charge in [-0.25, -0.2) is 0 Å². The fourth-order valence-electron chi connectivity index (χ4n) is 2.57. The average molecular weight is 295 g/mol. The summed E-state index contributed by atoms with van der Waals surface area (Å²) in [6, 6.07) is 0. The van der Waals surface area contributed by atoms with Crippen LogP contribution in [0.5, 0.6) is 0 Å². The third-order valence-corrected chi connectivity index (χ3v) is 3.83. The molecule has 0 aliphatic carbocycles. The Morgan fingerprint density at radius 2 is 2.14 bits per heavy atom. The van der Waals surface area contributed by atoms with Crippen LogP contribution in [0.4, 0.5) is 0 Å². The van der Waals surface area contributed by atoms with Crippen LogP contribution in [0, 0.1) is 5.92 Å². The molecule has 0 amide bonds. The number of carbonyl (C=O) groups is 1. The Hall–Kier alpha value is -1.43. The molecule has 0 N–H and O–H groups in total. The highest BCUT2D eigenvalue weighted by Gasteiger charge is 2.26. The molecular formula is C15H25N3O3. The number of likely N-dealkylation sites (tertiary alicyclic amines) is 1. The summed E-state index contributed by atoms with van der Waals surface area (Å²) >= 11 is 0. The normalized spacial score (nSPS) is 17.0. The SMILES string of the molecule is CCCCc1noc(CN2CCC(C(=O)OCC)CC2)n1. The number of piperidine rings is 1. The van der Waals surface area contributed by atoms with E-state index in [0.717, 1.165) is 51.0 Å². The van der Waals surface area contributed by atoms with Crippen molar-refractivity contribution < 1.29 is 14.1 Å². The molecule has 0 radical (unpaired) electrons. The molecule has 2 rings (SSSR count). The topological polar surface area (TPSA) is 68.5 Å². The summed E-state index contributed by atoms with van der Waals surface area (Å²) in [7, 11) is 0. The standard InChI is InChI=1S/C15H25N3O3/c1-3-5-6-13-16-14(21-17-13)11-18-9-7-12(8-10-18)15(19)20-4-2/h12H,3-11H2,1-2H3. The predicted octanol–water partition coefficient (Wildman–Crippen LogP) is 2.19. The number of hydrogen-bond donors (Lipinski definition) is 0. The molecule has 2 heterocycles. The van der Waals surface area contributed by atoms with Crippen LogP contribution in [0.15, 0.2) is 4.52 Å². The highest BCUT2D eigenvalue weighted by atomic mass is 16.5. The van der Waals surface area contributed by atoms with E-state index in [4.69, 9.17) is 9.26 Å². The van der Waals surface area contributed by atoms with E-state index in [1.165, 1.54) is 0 Å². The van der Waals surface area contributed by atoms with Crippen LogP contribution in [0.1, 0.15) is 51.2 Å². The van der Waals surface area contributed by atoms with Crippen molar-refractivity contribution in [3.05, 3.63) is 11.7 Å². The van der Waals surface area contributed by atoms with Gasteiger partial charge in [0, 0.05) is 6.42 Å². The lowest BCUT2D eigenvalue weighted by Gasteiger charge is -2.29. The van der Waals surface area contributed by atoms with Gasteiger partial charge in [-0.2, -0.15) is 4.98 Å². The van der Waals surface area contributed by atoms with Gasteiger partial charge < -0.3 is 9.26 Å². The lowest BCUT2D eigenvalue weighted by atomic mass is 9.97. The van der Waals surface area contributed by atoms with Crippen LogP contribution in [0.3, 0.4) is 0 Å². The quantitative estimate of drug-likeness (QED) is 0.718. The van der Waals surface area contributed by atoms with E-state index in [-0.39, 0.29) is 11.9 Å². The highest BCUT2D eigenvalue weighted by Crippen LogP contribution is 2.20. The van der Waals surface area contributed by atoms with Crippen LogP contribution in [-0.2, 0) is 22.5 Å². The van der Waals surface area contributed by atoms with Crippen LogP contribution < -0.4 is 0 Å². The maximum absolute atomic E-state index is 11.7. The summed E-state index contributed by atoms with van der Waals surface area (Å²) in [5.74, 6) is 1.46. The summed E-state index contributed by atoms with van der Waals surface area (Å²) in [5.41, 5.74) is 0. The highest BCUT2D eigenvalue weighted by molar-refractivity contribution is 5.72. The van der Waals surface area contributed by atoms with Crippen molar-refractivity contribution in [2.24, 2.45) is 5.92 Å². The van der Waals surface area contributed by atoms with Crippen molar-refractivity contribution in [3.63, 3.8) is 0 Å². The van der Waals surface area contributed by atoms with Gasteiger partial charge in [-0.05, 0) is 39.3 Å². The number of esters is 1. The van der Waals surface area contributed by atoms with Crippen molar-refractivity contribution in [2.45, 2.75) is 52.5 Å². The first kappa shape index (κ1) is 15.9. The molecule has 1 aromatic rings. The molecule has 1 saturated heterocycles. The van der Waals surface area contributed by atoms with Gasteiger partial charge in [0.05, 0.1) is 19.1 Å². The molecule has 21 heavy (non-hydrogen) atoms. The zero-order valence-electron chi connectivity index (χ0n) is 13.0. The Morgan fingerprint density at radius 3 is 2.81 bits per heavy atom. The Morgan fingerprint density at radius 1 is 1.38 bits per heavy atom. The first-order valence-electron chi connectivity index (χ1n) is 7.93. The van der Waals surface area contributed by atoms with Gasteiger partial charge in [-0.3, -0.25) is 9.69 Å². The molecule has 0 atom stereocenters. The van der Waals surface area contributed by atoms with E-state index < -0.39 is 0 Å². The number of aryl methyl sites for hydroxylation is 1. The summed E-state index contributed by atoms with van der Waals surface area (Å²) in [5, 5.41) is 4.00. The summed E-state index contributed by atoms with van der Waals surface area (Å²) in [6.45, 7) is 6.87. The molecule has 1 aliphatic heterocycles. The van der Waals surface area contributed by atoms with E-state index in [1.807, 2.05) is 6.92 Å². The van der Waals surface area contributed by atoms with Crippen LogP contribution >= 0.6 is 0 Å². The second kappa shape index (κ2) is 8.12. The van der Waals surface area contributed by atoms with Gasteiger partial charge in [0.1, 0.15) is 0 Å². The molecule has 0 unspecified atom stereocenters. The third-order valence-electron chi connectivity index (χ3n) is 3.83. The Balaban J connectivity index is 1.75. The largest absolute Gasteiger partial charge is 0.466 e. The van der Waals surface area contributed by atoms with Crippen LogP contribution in [-0.4, -0.2) is 40.7 Å². The van der Waals surface area contributed by atoms with Crippen LogP contribution in [0.25, 0.3) is 0 Å². The number of nitrogens with zero attached hydrogens (tertiary/aromatic N) is 3. The van der Waals surface area contributed by atoms with Gasteiger partial charge in [-0.1, -0.05) is 18.5 Å². The first-order chi connectivity index (χ1) is 10.2. The van der Waals surface area contributed by atoms with Crippen molar-refractivity contribution >= 4 is 5.97 Å². The maximum atomic E-state index is 11.7. The molecule has 1 fully saturated rings. The van der Waals surface area contributed by atoms with Crippen molar-refractivity contribution in [2.75, 3.05) is 19.7 Å². The molecule has 1 aromatic heterocycles. The van der Waals surface area contributed by atoms with E-state index in [0.29, 0.717) is 19.0 Å². The zero-order chi connectivity index (χ0) is 15.1. The van der Waals surface area contributed by atoms with Crippen molar-refractivity contribution in [3.8, 4) is 0 Å². The number of aromatic nitrogens is 2. The molecule has 0 saturated carbocycles. The summed E-state index contributed by atoms with van der Waals surface area (Å²) in [4.78, 5) is 18.4. The number of ether oxygens (including phenoxy) is 1. The molecule has 0 bridgehead atoms. The van der Waals surface area contributed by atoms with E-state index in [9.17, 15) is 4.79 Å². The fraction of sp³-hybridized carbons (Fsp3) is 0.800. The predicted molar refractivity (Wildman–Crippen MR) is 77.5 cm³/mol. The van der Waals surface area contributed by atoms with Gasteiger partial charge in [0.15, 0.2) is 5.82 Å². The first-order valence-corrected chi connectivity index (χ1v) is 7.93. The smallest absolute Gasteiger partial charge is 0.309 e. The number of unbranched alkanes of at least 4 members (excludes halogenated alkanes) is 1. The molecule has 6 heteroatoms. The Bertz CT molecular complexity index is 439. The summed E-state index contributed by atoms with van der Waals surface area (Å²) < 4.78 is 10.4. The van der Waals surface area contributed by atoms with Crippen molar-refractivity contribution in [1.82, 2.24) is 15.0 Å². The minimum Gasteiger partial charge on any atom is -0.466 e. The minimum absolute atomic E-state index is 0.0454. The number of hydrogen-bond acceptors (Lipinski definition) is 6. The minimum atomic E-state index is -0.0585. The molecule has 118 valence electrons. The molecular weight excluding hydrogens is 270 g/mol. The Kier molecular flexibility index (Phi) is 6.17. The van der Waals surface area contributed by atoms with E-state index >= 15 is 0 Å². The van der Waals surface area contributed by atoms with Gasteiger partial charge in [0.2, 0.25) is 5.89 Å². The van der Waals surface area contributed by atoms with Gasteiger partial charge in [-0.15, -0.1) is 0 Å². The zero-order valence-corrected chi connectivity index (χ0v) is 13.0. The monoisotopic (exact) mass is 295 g/mol. The second-order valence-electron chi connectivity index (χ2n) is 5.51.